The molecule has 128 valence electrons. The molecular weight excluding hydrogens is 292 g/mol. The van der Waals surface area contributed by atoms with E-state index in [2.05, 4.69) is 26.8 Å². The van der Waals surface area contributed by atoms with E-state index in [-0.39, 0.29) is 0 Å². The van der Waals surface area contributed by atoms with Gasteiger partial charge in [-0.2, -0.15) is 0 Å². The average Bonchev–Trinajstić information content (AvgIpc) is 2.94. The van der Waals surface area contributed by atoms with Crippen molar-refractivity contribution in [3.05, 3.63) is 17.5 Å². The van der Waals surface area contributed by atoms with Gasteiger partial charge in [-0.05, 0) is 25.7 Å². The van der Waals surface area contributed by atoms with Gasteiger partial charge in [-0.25, -0.2) is 0 Å². The minimum Gasteiger partial charge on any atom is -0.361 e. The summed E-state index contributed by atoms with van der Waals surface area (Å²) < 4.78 is 5.12. The van der Waals surface area contributed by atoms with Crippen LogP contribution >= 0.6 is 0 Å². The lowest BCUT2D eigenvalue weighted by molar-refractivity contribution is -0.134. The Labute approximate surface area is 138 Å². The highest BCUT2D eigenvalue weighted by Crippen LogP contribution is 2.16. The third-order valence-electron chi connectivity index (χ3n) is 4.90. The number of carbonyl (C=O) groups is 1. The number of carbonyl (C=O) groups excluding carboxylic acids is 1. The summed E-state index contributed by atoms with van der Waals surface area (Å²) in [4.78, 5) is 19.1. The number of nitrogens with zero attached hydrogens (tertiary/aromatic N) is 4. The van der Waals surface area contributed by atoms with Crippen molar-refractivity contribution in [1.82, 2.24) is 19.9 Å². The summed E-state index contributed by atoms with van der Waals surface area (Å²) >= 11 is 0. The van der Waals surface area contributed by atoms with Crippen LogP contribution in [0.5, 0.6) is 0 Å². The summed E-state index contributed by atoms with van der Waals surface area (Å²) in [6, 6.07) is 1.99. The van der Waals surface area contributed by atoms with Crippen LogP contribution in [0.1, 0.15) is 31.2 Å². The Morgan fingerprint density at radius 2 is 2.00 bits per heavy atom. The zero-order valence-corrected chi connectivity index (χ0v) is 14.3. The Morgan fingerprint density at radius 3 is 2.65 bits per heavy atom. The molecule has 6 heteroatoms. The average molecular weight is 320 g/mol. The largest absolute Gasteiger partial charge is 0.361 e. The Bertz CT molecular complexity index is 522. The Morgan fingerprint density at radius 1 is 1.26 bits per heavy atom. The molecule has 0 N–H and O–H groups in total. The van der Waals surface area contributed by atoms with Crippen LogP contribution in [0.2, 0.25) is 0 Å². The summed E-state index contributed by atoms with van der Waals surface area (Å²) in [6.07, 6.45) is 2.40. The Balaban J connectivity index is 1.41. The lowest BCUT2D eigenvalue weighted by Gasteiger charge is -2.36. The molecule has 2 aliphatic heterocycles. The summed E-state index contributed by atoms with van der Waals surface area (Å²) in [5, 5.41) is 4.05. The maximum atomic E-state index is 12.4. The number of aromatic nitrogens is 1. The fourth-order valence-electron chi connectivity index (χ4n) is 3.53. The van der Waals surface area contributed by atoms with Crippen LogP contribution in [0, 0.1) is 12.8 Å². The lowest BCUT2D eigenvalue weighted by Crippen LogP contribution is -2.50. The van der Waals surface area contributed by atoms with Gasteiger partial charge in [0.05, 0.1) is 12.2 Å². The van der Waals surface area contributed by atoms with Crippen LogP contribution in [0.4, 0.5) is 0 Å². The van der Waals surface area contributed by atoms with Gasteiger partial charge in [0.2, 0.25) is 5.91 Å². The van der Waals surface area contributed by atoms with Crippen LogP contribution in [0.15, 0.2) is 10.6 Å². The van der Waals surface area contributed by atoms with Crippen molar-refractivity contribution in [2.45, 2.75) is 33.2 Å². The minimum atomic E-state index is 0.303. The van der Waals surface area contributed by atoms with Crippen LogP contribution in [0.25, 0.3) is 0 Å². The van der Waals surface area contributed by atoms with Gasteiger partial charge in [0, 0.05) is 51.9 Å². The zero-order valence-electron chi connectivity index (χ0n) is 14.3. The van der Waals surface area contributed by atoms with Crippen LogP contribution < -0.4 is 0 Å². The molecule has 2 saturated heterocycles. The van der Waals surface area contributed by atoms with E-state index in [0.717, 1.165) is 63.7 Å². The van der Waals surface area contributed by atoms with E-state index in [9.17, 15) is 4.79 Å². The molecule has 0 radical (unpaired) electrons. The maximum Gasteiger partial charge on any atom is 0.236 e. The van der Waals surface area contributed by atoms with E-state index >= 15 is 0 Å². The summed E-state index contributed by atoms with van der Waals surface area (Å²) in [5.41, 5.74) is 0.995. The van der Waals surface area contributed by atoms with Gasteiger partial charge in [0.15, 0.2) is 0 Å². The molecule has 0 aliphatic carbocycles. The molecule has 6 nitrogen and oxygen atoms in total. The third-order valence-corrected chi connectivity index (χ3v) is 4.90. The monoisotopic (exact) mass is 320 g/mol. The van der Waals surface area contributed by atoms with Crippen molar-refractivity contribution in [2.24, 2.45) is 5.92 Å². The first-order valence-corrected chi connectivity index (χ1v) is 8.75. The molecule has 0 aromatic carbocycles. The molecule has 3 rings (SSSR count). The molecule has 1 aromatic rings. The number of hydrogen-bond donors (Lipinski definition) is 0. The molecule has 3 heterocycles. The summed E-state index contributed by atoms with van der Waals surface area (Å²) in [5.74, 6) is 1.81. The molecule has 2 aliphatic rings. The number of rotatable bonds is 4. The molecule has 1 amide bonds. The molecule has 0 bridgehead atoms. The van der Waals surface area contributed by atoms with Gasteiger partial charge in [0.25, 0.3) is 0 Å². The second-order valence-electron chi connectivity index (χ2n) is 7.07. The lowest BCUT2D eigenvalue weighted by atomic mass is 10.0. The smallest absolute Gasteiger partial charge is 0.236 e. The first kappa shape index (κ1) is 16.5. The van der Waals surface area contributed by atoms with Gasteiger partial charge in [-0.3, -0.25) is 14.6 Å². The zero-order chi connectivity index (χ0) is 16.2. The van der Waals surface area contributed by atoms with E-state index in [4.69, 9.17) is 4.52 Å². The van der Waals surface area contributed by atoms with Crippen molar-refractivity contribution >= 4 is 5.91 Å². The second-order valence-corrected chi connectivity index (χ2v) is 7.07. The molecule has 2 fully saturated rings. The molecule has 1 aromatic heterocycles. The number of amides is 1. The first-order valence-electron chi connectivity index (χ1n) is 8.75. The summed E-state index contributed by atoms with van der Waals surface area (Å²) in [6.45, 7) is 11.3. The van der Waals surface area contributed by atoms with Crippen molar-refractivity contribution < 1.29 is 9.32 Å². The minimum absolute atomic E-state index is 0.303. The number of aryl methyl sites for hydroxylation is 1. The molecule has 0 saturated carbocycles. The number of piperazine rings is 1. The Hall–Kier alpha value is -1.40. The highest BCUT2D eigenvalue weighted by molar-refractivity contribution is 5.78. The highest BCUT2D eigenvalue weighted by atomic mass is 16.5. The van der Waals surface area contributed by atoms with E-state index < -0.39 is 0 Å². The van der Waals surface area contributed by atoms with Crippen molar-refractivity contribution in [3.63, 3.8) is 0 Å². The number of likely N-dealkylation sites (tertiary alicyclic amines) is 1. The fourth-order valence-corrected chi connectivity index (χ4v) is 3.53. The van der Waals surface area contributed by atoms with E-state index in [0.29, 0.717) is 18.4 Å². The number of piperidine rings is 1. The van der Waals surface area contributed by atoms with E-state index in [1.54, 1.807) is 0 Å². The van der Waals surface area contributed by atoms with Gasteiger partial charge < -0.3 is 9.42 Å². The normalized spacial score (nSPS) is 24.1. The summed E-state index contributed by atoms with van der Waals surface area (Å²) in [7, 11) is 0. The van der Waals surface area contributed by atoms with Crippen molar-refractivity contribution in [1.29, 1.82) is 0 Å². The van der Waals surface area contributed by atoms with Crippen LogP contribution in [0.3, 0.4) is 0 Å². The predicted molar refractivity (Wildman–Crippen MR) is 87.9 cm³/mol. The molecule has 1 unspecified atom stereocenters. The first-order chi connectivity index (χ1) is 11.1. The quantitative estimate of drug-likeness (QED) is 0.838. The van der Waals surface area contributed by atoms with Crippen LogP contribution in [-0.4, -0.2) is 71.6 Å². The maximum absolute atomic E-state index is 12.4. The van der Waals surface area contributed by atoms with Gasteiger partial charge in [-0.15, -0.1) is 0 Å². The van der Waals surface area contributed by atoms with E-state index in [1.807, 2.05) is 13.0 Å². The predicted octanol–water partition coefficient (Wildman–Crippen LogP) is 1.36. The van der Waals surface area contributed by atoms with Gasteiger partial charge in [0.1, 0.15) is 5.76 Å². The van der Waals surface area contributed by atoms with Crippen molar-refractivity contribution in [3.8, 4) is 0 Å². The third kappa shape index (κ3) is 4.54. The highest BCUT2D eigenvalue weighted by Gasteiger charge is 2.24. The molecule has 0 spiro atoms. The number of hydrogen-bond acceptors (Lipinski definition) is 5. The molecular formula is C17H28N4O2. The fraction of sp³-hybridized carbons (Fsp3) is 0.765. The SMILES string of the molecule is Cc1cc(CN2CCN(CC(=O)N3CCCC(C)C3)CC2)no1. The topological polar surface area (TPSA) is 52.8 Å². The van der Waals surface area contributed by atoms with Gasteiger partial charge >= 0.3 is 0 Å². The van der Waals surface area contributed by atoms with Crippen LogP contribution in [-0.2, 0) is 11.3 Å². The molecule has 23 heavy (non-hydrogen) atoms. The van der Waals surface area contributed by atoms with Gasteiger partial charge in [-0.1, -0.05) is 12.1 Å². The standard InChI is InChI=1S/C17H28N4O2/c1-14-4-3-5-21(11-14)17(22)13-20-8-6-19(7-9-20)12-16-10-15(2)23-18-16/h10,14H,3-9,11-13H2,1-2H3. The second kappa shape index (κ2) is 7.45. The van der Waals surface area contributed by atoms with Crippen molar-refractivity contribution in [2.75, 3.05) is 45.8 Å². The van der Waals surface area contributed by atoms with E-state index in [1.165, 1.54) is 6.42 Å². The Kier molecular flexibility index (Phi) is 5.33. The molecule has 1 atom stereocenters.